The van der Waals surface area contributed by atoms with Gasteiger partial charge in [-0.15, -0.1) is 0 Å². The molecule has 0 spiro atoms. The van der Waals surface area contributed by atoms with Crippen LogP contribution >= 0.6 is 0 Å². The van der Waals surface area contributed by atoms with Crippen LogP contribution in [0.4, 0.5) is 0 Å². The zero-order chi connectivity index (χ0) is 9.94. The minimum Gasteiger partial charge on any atom is -0.382 e. The first kappa shape index (κ1) is 12.8. The van der Waals surface area contributed by atoms with Crippen LogP contribution in [-0.2, 0) is 9.47 Å². The van der Waals surface area contributed by atoms with Crippen LogP contribution in [0.5, 0.6) is 0 Å². The standard InChI is InChI=1S/C9H22N2O2/c1-3-4-5-9(11-10)8-13-7-6-12-2/h9,11H,3-8,10H2,1-2H3. The van der Waals surface area contributed by atoms with Crippen LogP contribution in [-0.4, -0.2) is 33.0 Å². The van der Waals surface area contributed by atoms with Crippen LogP contribution in [0, 0.1) is 0 Å². The molecule has 0 radical (unpaired) electrons. The Bertz CT molecular complexity index is 102. The van der Waals surface area contributed by atoms with Gasteiger partial charge in [-0.3, -0.25) is 11.3 Å². The first-order valence-corrected chi connectivity index (χ1v) is 4.88. The van der Waals surface area contributed by atoms with Crippen LogP contribution in [0.2, 0.25) is 0 Å². The summed E-state index contributed by atoms with van der Waals surface area (Å²) in [7, 11) is 1.67. The second kappa shape index (κ2) is 9.92. The van der Waals surface area contributed by atoms with Crippen LogP contribution in [0.15, 0.2) is 0 Å². The molecule has 0 aromatic carbocycles. The Morgan fingerprint density at radius 3 is 2.69 bits per heavy atom. The number of rotatable bonds is 9. The molecule has 4 nitrogen and oxygen atoms in total. The summed E-state index contributed by atoms with van der Waals surface area (Å²) in [6.45, 7) is 4.12. The fourth-order valence-corrected chi connectivity index (χ4v) is 1.03. The highest BCUT2D eigenvalue weighted by Gasteiger charge is 2.04. The number of methoxy groups -OCH3 is 1. The van der Waals surface area contributed by atoms with E-state index in [-0.39, 0.29) is 6.04 Å². The minimum absolute atomic E-state index is 0.275. The lowest BCUT2D eigenvalue weighted by Crippen LogP contribution is -2.38. The normalized spacial score (nSPS) is 13.2. The number of hydrogen-bond donors (Lipinski definition) is 2. The van der Waals surface area contributed by atoms with Gasteiger partial charge in [-0.05, 0) is 6.42 Å². The van der Waals surface area contributed by atoms with E-state index in [1.807, 2.05) is 0 Å². The molecule has 0 aliphatic heterocycles. The van der Waals surface area contributed by atoms with Gasteiger partial charge in [-0.1, -0.05) is 19.8 Å². The fourth-order valence-electron chi connectivity index (χ4n) is 1.03. The van der Waals surface area contributed by atoms with Crippen molar-refractivity contribution in [3.8, 4) is 0 Å². The predicted octanol–water partition coefficient (Wildman–Crippen LogP) is 0.672. The van der Waals surface area contributed by atoms with E-state index in [9.17, 15) is 0 Å². The molecule has 0 heterocycles. The van der Waals surface area contributed by atoms with Crippen molar-refractivity contribution in [3.63, 3.8) is 0 Å². The second-order valence-electron chi connectivity index (χ2n) is 3.07. The molecule has 1 unspecified atom stereocenters. The van der Waals surface area contributed by atoms with Crippen molar-refractivity contribution >= 4 is 0 Å². The van der Waals surface area contributed by atoms with Crippen molar-refractivity contribution in [2.24, 2.45) is 5.84 Å². The zero-order valence-corrected chi connectivity index (χ0v) is 8.71. The molecule has 0 saturated carbocycles. The second-order valence-corrected chi connectivity index (χ2v) is 3.07. The monoisotopic (exact) mass is 190 g/mol. The molecule has 0 aliphatic carbocycles. The molecule has 0 aromatic rings. The summed E-state index contributed by atoms with van der Waals surface area (Å²) in [5.41, 5.74) is 2.75. The van der Waals surface area contributed by atoms with E-state index in [2.05, 4.69) is 12.3 Å². The smallest absolute Gasteiger partial charge is 0.0701 e. The molecule has 0 aromatic heterocycles. The Morgan fingerprint density at radius 2 is 2.15 bits per heavy atom. The lowest BCUT2D eigenvalue weighted by atomic mass is 10.1. The topological polar surface area (TPSA) is 56.5 Å². The number of hydrazine groups is 1. The molecule has 0 fully saturated rings. The highest BCUT2D eigenvalue weighted by molar-refractivity contribution is 4.61. The van der Waals surface area contributed by atoms with Gasteiger partial charge in [-0.2, -0.15) is 0 Å². The number of unbranched alkanes of at least 4 members (excludes halogenated alkanes) is 1. The molecule has 13 heavy (non-hydrogen) atoms. The lowest BCUT2D eigenvalue weighted by molar-refractivity contribution is 0.0572. The molecule has 0 aliphatic rings. The van der Waals surface area contributed by atoms with E-state index in [1.54, 1.807) is 7.11 Å². The van der Waals surface area contributed by atoms with Gasteiger partial charge in [0.15, 0.2) is 0 Å². The molecular weight excluding hydrogens is 168 g/mol. The van der Waals surface area contributed by atoms with Crippen molar-refractivity contribution in [2.75, 3.05) is 26.9 Å². The molecule has 3 N–H and O–H groups in total. The van der Waals surface area contributed by atoms with Gasteiger partial charge < -0.3 is 9.47 Å². The summed E-state index contributed by atoms with van der Waals surface area (Å²) in [5.74, 6) is 5.37. The van der Waals surface area contributed by atoms with Crippen LogP contribution in [0.1, 0.15) is 26.2 Å². The van der Waals surface area contributed by atoms with Crippen molar-refractivity contribution in [2.45, 2.75) is 32.2 Å². The Labute approximate surface area is 80.7 Å². The van der Waals surface area contributed by atoms with Crippen LogP contribution in [0.25, 0.3) is 0 Å². The quantitative estimate of drug-likeness (QED) is 0.319. The van der Waals surface area contributed by atoms with E-state index in [4.69, 9.17) is 15.3 Å². The highest BCUT2D eigenvalue weighted by Crippen LogP contribution is 1.99. The summed E-state index contributed by atoms with van der Waals surface area (Å²) in [5, 5.41) is 0. The fraction of sp³-hybridized carbons (Fsp3) is 1.00. The maximum absolute atomic E-state index is 5.37. The molecule has 0 rings (SSSR count). The molecule has 0 bridgehead atoms. The average molecular weight is 190 g/mol. The van der Waals surface area contributed by atoms with E-state index >= 15 is 0 Å². The molecule has 0 amide bonds. The van der Waals surface area contributed by atoms with Crippen molar-refractivity contribution in [1.82, 2.24) is 5.43 Å². The van der Waals surface area contributed by atoms with E-state index in [0.717, 1.165) is 6.42 Å². The maximum Gasteiger partial charge on any atom is 0.0701 e. The average Bonchev–Trinajstić information content (AvgIpc) is 2.17. The van der Waals surface area contributed by atoms with E-state index in [0.29, 0.717) is 19.8 Å². The van der Waals surface area contributed by atoms with Crippen molar-refractivity contribution < 1.29 is 9.47 Å². The SMILES string of the molecule is CCCCC(COCCOC)NN. The summed E-state index contributed by atoms with van der Waals surface area (Å²) in [6.07, 6.45) is 3.44. The van der Waals surface area contributed by atoms with Gasteiger partial charge in [0.05, 0.1) is 19.8 Å². The van der Waals surface area contributed by atoms with Gasteiger partial charge in [0.25, 0.3) is 0 Å². The van der Waals surface area contributed by atoms with Gasteiger partial charge in [-0.25, -0.2) is 0 Å². The zero-order valence-electron chi connectivity index (χ0n) is 8.71. The molecule has 80 valence electrons. The van der Waals surface area contributed by atoms with Gasteiger partial charge in [0.1, 0.15) is 0 Å². The number of nitrogens with two attached hydrogens (primary N) is 1. The maximum atomic E-state index is 5.37. The third-order valence-electron chi connectivity index (χ3n) is 1.89. The Morgan fingerprint density at radius 1 is 1.38 bits per heavy atom. The van der Waals surface area contributed by atoms with Crippen molar-refractivity contribution in [3.05, 3.63) is 0 Å². The first-order valence-electron chi connectivity index (χ1n) is 4.88. The summed E-state index contributed by atoms with van der Waals surface area (Å²) in [4.78, 5) is 0. The third-order valence-corrected chi connectivity index (χ3v) is 1.89. The Hall–Kier alpha value is -0.160. The number of hydrogen-bond acceptors (Lipinski definition) is 4. The van der Waals surface area contributed by atoms with Gasteiger partial charge in [0.2, 0.25) is 0 Å². The van der Waals surface area contributed by atoms with Gasteiger partial charge >= 0.3 is 0 Å². The highest BCUT2D eigenvalue weighted by atomic mass is 16.5. The molecular formula is C9H22N2O2. The summed E-state index contributed by atoms with van der Waals surface area (Å²) >= 11 is 0. The van der Waals surface area contributed by atoms with E-state index < -0.39 is 0 Å². The Balaban J connectivity index is 3.25. The summed E-state index contributed by atoms with van der Waals surface area (Å²) < 4.78 is 10.2. The number of ether oxygens (including phenoxy) is 2. The van der Waals surface area contributed by atoms with Crippen LogP contribution in [0.3, 0.4) is 0 Å². The lowest BCUT2D eigenvalue weighted by Gasteiger charge is -2.15. The predicted molar refractivity (Wildman–Crippen MR) is 53.3 cm³/mol. The molecule has 4 heteroatoms. The van der Waals surface area contributed by atoms with Gasteiger partial charge in [0, 0.05) is 13.2 Å². The third kappa shape index (κ3) is 8.18. The molecule has 0 saturated heterocycles. The van der Waals surface area contributed by atoms with Crippen molar-refractivity contribution in [1.29, 1.82) is 0 Å². The first-order chi connectivity index (χ1) is 6.35. The minimum atomic E-state index is 0.275. The van der Waals surface area contributed by atoms with Crippen LogP contribution < -0.4 is 11.3 Å². The largest absolute Gasteiger partial charge is 0.382 e. The summed E-state index contributed by atoms with van der Waals surface area (Å²) in [6, 6.07) is 0.275. The van der Waals surface area contributed by atoms with E-state index in [1.165, 1.54) is 12.8 Å². The molecule has 1 atom stereocenters. The Kier molecular flexibility index (Phi) is 9.80. The number of nitrogens with one attached hydrogen (secondary N) is 1.